The van der Waals surface area contributed by atoms with Crippen LogP contribution in [0.25, 0.3) is 0 Å². The van der Waals surface area contributed by atoms with Crippen molar-refractivity contribution in [2.75, 3.05) is 12.3 Å². The second-order valence-electron chi connectivity index (χ2n) is 6.23. The maximum Gasteiger partial charge on any atom is 0.320 e. The Morgan fingerprint density at radius 3 is 2.50 bits per heavy atom. The largest absolute Gasteiger partial charge is 0.481 e. The molecule has 0 radical (unpaired) electrons. The van der Waals surface area contributed by atoms with Crippen LogP contribution in [0.15, 0.2) is 12.1 Å². The van der Waals surface area contributed by atoms with Gasteiger partial charge >= 0.3 is 11.9 Å². The van der Waals surface area contributed by atoms with Crippen molar-refractivity contribution in [3.63, 3.8) is 0 Å². The lowest BCUT2D eigenvalue weighted by atomic mass is 10.0. The number of carbonyl (C=O) groups excluding carboxylic acids is 1. The molecule has 0 atom stereocenters. The first-order valence-corrected chi connectivity index (χ1v) is 7.10. The Bertz CT molecular complexity index is 562. The predicted octanol–water partition coefficient (Wildman–Crippen LogP) is 1.64. The molecule has 0 fully saturated rings. The Labute approximate surface area is 130 Å². The van der Waals surface area contributed by atoms with E-state index >= 15 is 0 Å². The van der Waals surface area contributed by atoms with Gasteiger partial charge < -0.3 is 20.9 Å². The molecule has 6 nitrogen and oxygen atoms in total. The summed E-state index contributed by atoms with van der Waals surface area (Å²) in [5, 5.41) is 11.9. The summed E-state index contributed by atoms with van der Waals surface area (Å²) in [6.45, 7) is 7.80. The molecule has 0 saturated heterocycles. The van der Waals surface area contributed by atoms with Crippen molar-refractivity contribution in [1.29, 1.82) is 0 Å². The first-order valence-electron chi connectivity index (χ1n) is 7.10. The van der Waals surface area contributed by atoms with E-state index in [-0.39, 0.29) is 18.9 Å². The number of carbonyl (C=O) groups is 2. The summed E-state index contributed by atoms with van der Waals surface area (Å²) in [4.78, 5) is 22.4. The fraction of sp³-hybridized carbons (Fsp3) is 0.500. The van der Waals surface area contributed by atoms with Gasteiger partial charge in [0.25, 0.3) is 0 Å². The van der Waals surface area contributed by atoms with Crippen LogP contribution < -0.4 is 11.1 Å². The maximum atomic E-state index is 11.6. The number of carboxylic acid groups (broad SMARTS) is 1. The standard InChI is InChI=1S/C16H24N2O4/c1-10-12(5-11(6-13(10)17)7-14(19)20)8-18-9-15(21)22-16(2,3)4/h5-6,18H,7-9,17H2,1-4H3,(H,19,20). The monoisotopic (exact) mass is 308 g/mol. The summed E-state index contributed by atoms with van der Waals surface area (Å²) < 4.78 is 5.20. The first kappa shape index (κ1) is 18.0. The van der Waals surface area contributed by atoms with Gasteiger partial charge in [-0.1, -0.05) is 6.07 Å². The van der Waals surface area contributed by atoms with Gasteiger partial charge in [-0.3, -0.25) is 9.59 Å². The minimum absolute atomic E-state index is 0.0798. The van der Waals surface area contributed by atoms with E-state index in [0.29, 0.717) is 17.8 Å². The summed E-state index contributed by atoms with van der Waals surface area (Å²) in [7, 11) is 0. The van der Waals surface area contributed by atoms with Crippen molar-refractivity contribution < 1.29 is 19.4 Å². The van der Waals surface area contributed by atoms with Gasteiger partial charge in [-0.15, -0.1) is 0 Å². The number of benzene rings is 1. The van der Waals surface area contributed by atoms with E-state index in [0.717, 1.165) is 11.1 Å². The molecule has 0 aromatic heterocycles. The number of ether oxygens (including phenoxy) is 1. The van der Waals surface area contributed by atoms with Crippen LogP contribution in [0, 0.1) is 6.92 Å². The molecule has 4 N–H and O–H groups in total. The van der Waals surface area contributed by atoms with Gasteiger partial charge in [-0.05, 0) is 50.5 Å². The quantitative estimate of drug-likeness (QED) is 0.545. The number of carboxylic acids is 1. The summed E-state index contributed by atoms with van der Waals surface area (Å²) in [6, 6.07) is 3.46. The first-order chi connectivity index (χ1) is 10.1. The van der Waals surface area contributed by atoms with E-state index in [9.17, 15) is 9.59 Å². The number of hydrogen-bond donors (Lipinski definition) is 3. The SMILES string of the molecule is Cc1c(N)cc(CC(=O)O)cc1CNCC(=O)OC(C)(C)C. The number of nitrogen functional groups attached to an aromatic ring is 1. The number of rotatable bonds is 6. The minimum atomic E-state index is -0.907. The molecule has 0 saturated carbocycles. The average molecular weight is 308 g/mol. The second kappa shape index (κ2) is 7.26. The average Bonchev–Trinajstić information content (AvgIpc) is 2.32. The summed E-state index contributed by atoms with van der Waals surface area (Å²) in [5.74, 6) is -1.24. The normalized spacial score (nSPS) is 11.3. The van der Waals surface area contributed by atoms with Crippen LogP contribution in [0.5, 0.6) is 0 Å². The van der Waals surface area contributed by atoms with E-state index < -0.39 is 11.6 Å². The predicted molar refractivity (Wildman–Crippen MR) is 84.5 cm³/mol. The summed E-state index contributed by atoms with van der Waals surface area (Å²) >= 11 is 0. The number of nitrogens with two attached hydrogens (primary N) is 1. The van der Waals surface area contributed by atoms with Gasteiger partial charge in [0.2, 0.25) is 0 Å². The Hall–Kier alpha value is -2.08. The fourth-order valence-corrected chi connectivity index (χ4v) is 2.00. The molecule has 0 aliphatic carbocycles. The molecule has 22 heavy (non-hydrogen) atoms. The van der Waals surface area contributed by atoms with Gasteiger partial charge in [0.1, 0.15) is 5.60 Å². The van der Waals surface area contributed by atoms with Crippen LogP contribution in [0.1, 0.15) is 37.5 Å². The molecule has 1 rings (SSSR count). The molecule has 0 spiro atoms. The van der Waals surface area contributed by atoms with Crippen molar-refractivity contribution in [2.24, 2.45) is 0 Å². The molecular weight excluding hydrogens is 284 g/mol. The molecule has 0 bridgehead atoms. The van der Waals surface area contributed by atoms with Gasteiger partial charge in [0.05, 0.1) is 13.0 Å². The molecule has 1 aromatic carbocycles. The van der Waals surface area contributed by atoms with Crippen LogP contribution in [0.2, 0.25) is 0 Å². The summed E-state index contributed by atoms with van der Waals surface area (Å²) in [5.41, 5.74) is 8.33. The molecule has 0 unspecified atom stereocenters. The van der Waals surface area contributed by atoms with E-state index in [1.807, 2.05) is 27.7 Å². The highest BCUT2D eigenvalue weighted by atomic mass is 16.6. The minimum Gasteiger partial charge on any atom is -0.481 e. The highest BCUT2D eigenvalue weighted by Crippen LogP contribution is 2.19. The number of aliphatic carboxylic acids is 1. The highest BCUT2D eigenvalue weighted by Gasteiger charge is 2.16. The Morgan fingerprint density at radius 1 is 1.32 bits per heavy atom. The molecule has 1 aromatic rings. The third-order valence-corrected chi connectivity index (χ3v) is 2.98. The van der Waals surface area contributed by atoms with E-state index in [1.54, 1.807) is 12.1 Å². The zero-order valence-electron chi connectivity index (χ0n) is 13.5. The smallest absolute Gasteiger partial charge is 0.320 e. The molecule has 0 amide bonds. The molecule has 6 heteroatoms. The van der Waals surface area contributed by atoms with Gasteiger partial charge in [0, 0.05) is 12.2 Å². The van der Waals surface area contributed by atoms with Crippen LogP contribution in [0.3, 0.4) is 0 Å². The zero-order chi connectivity index (χ0) is 16.9. The number of hydrogen-bond acceptors (Lipinski definition) is 5. The van der Waals surface area contributed by atoms with Crippen LogP contribution in [-0.4, -0.2) is 29.2 Å². The van der Waals surface area contributed by atoms with Crippen LogP contribution >= 0.6 is 0 Å². The van der Waals surface area contributed by atoms with Crippen molar-refractivity contribution in [2.45, 2.75) is 46.3 Å². The topological polar surface area (TPSA) is 102 Å². The number of anilines is 1. The van der Waals surface area contributed by atoms with Gasteiger partial charge in [-0.2, -0.15) is 0 Å². The summed E-state index contributed by atoms with van der Waals surface area (Å²) in [6.07, 6.45) is -0.0798. The molecule has 122 valence electrons. The Kier molecular flexibility index (Phi) is 5.93. The lowest BCUT2D eigenvalue weighted by Crippen LogP contribution is -2.31. The van der Waals surface area contributed by atoms with E-state index in [1.165, 1.54) is 0 Å². The third-order valence-electron chi connectivity index (χ3n) is 2.98. The number of esters is 1. The highest BCUT2D eigenvalue weighted by molar-refractivity contribution is 5.72. The van der Waals surface area contributed by atoms with Crippen molar-refractivity contribution in [3.05, 3.63) is 28.8 Å². The Balaban J connectivity index is 2.67. The Morgan fingerprint density at radius 2 is 1.95 bits per heavy atom. The fourth-order valence-electron chi connectivity index (χ4n) is 2.00. The molecule has 0 aliphatic rings. The third kappa shape index (κ3) is 6.13. The molecule has 0 aliphatic heterocycles. The number of nitrogens with one attached hydrogen (secondary N) is 1. The lowest BCUT2D eigenvalue weighted by molar-refractivity contribution is -0.153. The molecular formula is C16H24N2O4. The van der Waals surface area contributed by atoms with Gasteiger partial charge in [-0.25, -0.2) is 0 Å². The molecule has 0 heterocycles. The van der Waals surface area contributed by atoms with E-state index in [2.05, 4.69) is 5.32 Å². The zero-order valence-corrected chi connectivity index (χ0v) is 13.5. The van der Waals surface area contributed by atoms with Crippen LogP contribution in [-0.2, 0) is 27.3 Å². The maximum absolute atomic E-state index is 11.6. The van der Waals surface area contributed by atoms with Crippen molar-refractivity contribution in [3.8, 4) is 0 Å². The van der Waals surface area contributed by atoms with E-state index in [4.69, 9.17) is 15.6 Å². The van der Waals surface area contributed by atoms with Crippen molar-refractivity contribution in [1.82, 2.24) is 5.32 Å². The van der Waals surface area contributed by atoms with Gasteiger partial charge in [0.15, 0.2) is 0 Å². The van der Waals surface area contributed by atoms with Crippen LogP contribution in [0.4, 0.5) is 5.69 Å². The lowest BCUT2D eigenvalue weighted by Gasteiger charge is -2.19. The van der Waals surface area contributed by atoms with Crippen molar-refractivity contribution >= 4 is 17.6 Å². The second-order valence-corrected chi connectivity index (χ2v) is 6.23.